The van der Waals surface area contributed by atoms with E-state index in [1.165, 1.54) is 12.1 Å². The number of benzene rings is 1. The molecule has 1 aliphatic heterocycles. The third-order valence-electron chi connectivity index (χ3n) is 4.95. The number of hydrogen-bond acceptors (Lipinski definition) is 6. The third kappa shape index (κ3) is 4.78. The first-order valence-corrected chi connectivity index (χ1v) is 9.59. The molecule has 2 heterocycles. The summed E-state index contributed by atoms with van der Waals surface area (Å²) in [4.78, 5) is 10.7. The summed E-state index contributed by atoms with van der Waals surface area (Å²) >= 11 is 0. The molecule has 1 fully saturated rings. The van der Waals surface area contributed by atoms with Crippen LogP contribution >= 0.6 is 0 Å². The molecule has 0 atom stereocenters. The van der Waals surface area contributed by atoms with E-state index in [1.54, 1.807) is 0 Å². The monoisotopic (exact) mass is 396 g/mol. The fraction of sp³-hybridized carbons (Fsp3) is 0.429. The second kappa shape index (κ2) is 8.83. The highest BCUT2D eigenvalue weighted by Crippen LogP contribution is 2.30. The van der Waals surface area contributed by atoms with Crippen LogP contribution in [0.5, 0.6) is 0 Å². The zero-order valence-electron chi connectivity index (χ0n) is 16.4. The summed E-state index contributed by atoms with van der Waals surface area (Å²) in [5.74, 6) is 0.236. The molecule has 0 unspecified atom stereocenters. The second-order valence-corrected chi connectivity index (χ2v) is 7.49. The first kappa shape index (κ1) is 20.5. The number of hydrogen-bond donors (Lipinski definition) is 1. The SMILES string of the molecule is CC(C)Nc1nc(C#N)c(C#N)nc1N1CCC(Cc2ccc(F)cc2F)CC1. The van der Waals surface area contributed by atoms with Crippen LogP contribution in [0.1, 0.15) is 43.6 Å². The molecule has 8 heteroatoms. The van der Waals surface area contributed by atoms with Crippen molar-refractivity contribution >= 4 is 11.6 Å². The average molecular weight is 396 g/mol. The van der Waals surface area contributed by atoms with Gasteiger partial charge in [-0.05, 0) is 50.7 Å². The maximum absolute atomic E-state index is 13.9. The van der Waals surface area contributed by atoms with E-state index >= 15 is 0 Å². The molecule has 0 saturated carbocycles. The summed E-state index contributed by atoms with van der Waals surface area (Å²) in [6.07, 6.45) is 2.17. The lowest BCUT2D eigenvalue weighted by Crippen LogP contribution is -2.36. The molecule has 1 N–H and O–H groups in total. The lowest BCUT2D eigenvalue weighted by atomic mass is 9.90. The smallest absolute Gasteiger partial charge is 0.179 e. The molecule has 3 rings (SSSR count). The Kier molecular flexibility index (Phi) is 6.23. The van der Waals surface area contributed by atoms with Gasteiger partial charge in [0.25, 0.3) is 0 Å². The minimum absolute atomic E-state index is 0.000992. The van der Waals surface area contributed by atoms with Crippen LogP contribution in [-0.4, -0.2) is 29.1 Å². The summed E-state index contributed by atoms with van der Waals surface area (Å²) in [5.41, 5.74) is 0.533. The van der Waals surface area contributed by atoms with Crippen molar-refractivity contribution < 1.29 is 8.78 Å². The molecule has 1 aromatic heterocycles. The second-order valence-electron chi connectivity index (χ2n) is 7.49. The fourth-order valence-electron chi connectivity index (χ4n) is 3.52. The highest BCUT2D eigenvalue weighted by Gasteiger charge is 2.25. The van der Waals surface area contributed by atoms with Gasteiger partial charge in [0.2, 0.25) is 0 Å². The summed E-state index contributed by atoms with van der Waals surface area (Å²) < 4.78 is 27.0. The molecule has 1 aliphatic rings. The van der Waals surface area contributed by atoms with Crippen molar-refractivity contribution in [1.82, 2.24) is 9.97 Å². The van der Waals surface area contributed by atoms with Crippen molar-refractivity contribution in [2.75, 3.05) is 23.3 Å². The molecule has 0 amide bonds. The van der Waals surface area contributed by atoms with Gasteiger partial charge in [-0.25, -0.2) is 18.7 Å². The van der Waals surface area contributed by atoms with Crippen LogP contribution in [-0.2, 0) is 6.42 Å². The van der Waals surface area contributed by atoms with Crippen molar-refractivity contribution in [3.63, 3.8) is 0 Å². The van der Waals surface area contributed by atoms with Gasteiger partial charge >= 0.3 is 0 Å². The third-order valence-corrected chi connectivity index (χ3v) is 4.95. The van der Waals surface area contributed by atoms with Gasteiger partial charge < -0.3 is 10.2 Å². The first-order valence-electron chi connectivity index (χ1n) is 9.59. The van der Waals surface area contributed by atoms with Crippen LogP contribution in [0.15, 0.2) is 18.2 Å². The Morgan fingerprint density at radius 2 is 1.79 bits per heavy atom. The standard InChI is InChI=1S/C21H22F2N6/c1-13(2)26-20-21(28-19(12-25)18(11-24)27-20)29-7-5-14(6-8-29)9-15-3-4-16(22)10-17(15)23/h3-4,10,13-14H,5-9H2,1-2H3,(H,26,27). The average Bonchev–Trinajstić information content (AvgIpc) is 2.70. The lowest BCUT2D eigenvalue weighted by Gasteiger charge is -2.34. The van der Waals surface area contributed by atoms with Crippen molar-refractivity contribution in [3.05, 3.63) is 46.8 Å². The van der Waals surface area contributed by atoms with E-state index in [4.69, 9.17) is 0 Å². The molecular weight excluding hydrogens is 374 g/mol. The highest BCUT2D eigenvalue weighted by molar-refractivity contribution is 5.64. The summed E-state index contributed by atoms with van der Waals surface area (Å²) in [6.45, 7) is 5.26. The number of nitriles is 2. The minimum Gasteiger partial charge on any atom is -0.365 e. The van der Waals surface area contributed by atoms with Crippen LogP contribution in [0.3, 0.4) is 0 Å². The zero-order valence-corrected chi connectivity index (χ0v) is 16.4. The number of rotatable bonds is 5. The van der Waals surface area contributed by atoms with Crippen LogP contribution in [0.25, 0.3) is 0 Å². The quantitative estimate of drug-likeness (QED) is 0.827. The Labute approximate surface area is 168 Å². The number of anilines is 2. The highest BCUT2D eigenvalue weighted by atomic mass is 19.1. The van der Waals surface area contributed by atoms with Crippen molar-refractivity contribution in [3.8, 4) is 12.1 Å². The molecule has 150 valence electrons. The van der Waals surface area contributed by atoms with Gasteiger partial charge in [-0.15, -0.1) is 0 Å². The topological polar surface area (TPSA) is 88.6 Å². The van der Waals surface area contributed by atoms with Gasteiger partial charge in [0, 0.05) is 25.2 Å². The molecule has 0 bridgehead atoms. The first-order chi connectivity index (χ1) is 13.9. The van der Waals surface area contributed by atoms with E-state index in [9.17, 15) is 19.3 Å². The minimum atomic E-state index is -0.570. The van der Waals surface area contributed by atoms with E-state index < -0.39 is 11.6 Å². The fourth-order valence-corrected chi connectivity index (χ4v) is 3.52. The van der Waals surface area contributed by atoms with Gasteiger partial charge in [-0.3, -0.25) is 0 Å². The van der Waals surface area contributed by atoms with Gasteiger partial charge in [-0.1, -0.05) is 6.07 Å². The molecule has 1 aromatic carbocycles. The van der Waals surface area contributed by atoms with Crippen LogP contribution < -0.4 is 10.2 Å². The lowest BCUT2D eigenvalue weighted by molar-refractivity contribution is 0.396. The van der Waals surface area contributed by atoms with E-state index in [0.717, 1.165) is 18.9 Å². The summed E-state index contributed by atoms with van der Waals surface area (Å²) in [6, 6.07) is 7.65. The largest absolute Gasteiger partial charge is 0.365 e. The predicted octanol–water partition coefficient (Wildman–Crippen LogP) is 3.78. The summed E-state index contributed by atoms with van der Waals surface area (Å²) in [7, 11) is 0. The van der Waals surface area contributed by atoms with E-state index in [2.05, 4.69) is 15.3 Å². The zero-order chi connectivity index (χ0) is 21.0. The molecule has 0 aliphatic carbocycles. The van der Waals surface area contributed by atoms with Gasteiger partial charge in [0.1, 0.15) is 23.8 Å². The van der Waals surface area contributed by atoms with Gasteiger partial charge in [-0.2, -0.15) is 10.5 Å². The van der Waals surface area contributed by atoms with Crippen molar-refractivity contribution in [2.24, 2.45) is 5.92 Å². The number of nitrogens with zero attached hydrogens (tertiary/aromatic N) is 5. The maximum atomic E-state index is 13.9. The van der Waals surface area contributed by atoms with Crippen LogP contribution in [0, 0.1) is 40.2 Å². The van der Waals surface area contributed by atoms with Crippen molar-refractivity contribution in [1.29, 1.82) is 10.5 Å². The molecule has 29 heavy (non-hydrogen) atoms. The number of aromatic nitrogens is 2. The Morgan fingerprint density at radius 1 is 1.14 bits per heavy atom. The van der Waals surface area contributed by atoms with Crippen LogP contribution in [0.2, 0.25) is 0 Å². The Hall–Kier alpha value is -3.26. The van der Waals surface area contributed by atoms with Crippen LogP contribution in [0.4, 0.5) is 20.4 Å². The van der Waals surface area contributed by atoms with E-state index in [-0.39, 0.29) is 23.3 Å². The molecular formula is C21H22F2N6. The van der Waals surface area contributed by atoms with Crippen molar-refractivity contribution in [2.45, 2.75) is 39.2 Å². The molecule has 0 spiro atoms. The number of nitrogens with one attached hydrogen (secondary N) is 1. The molecule has 2 aromatic rings. The van der Waals surface area contributed by atoms with Gasteiger partial charge in [0.05, 0.1) is 0 Å². The molecule has 6 nitrogen and oxygen atoms in total. The van der Waals surface area contributed by atoms with E-state index in [0.29, 0.717) is 36.7 Å². The summed E-state index contributed by atoms with van der Waals surface area (Å²) in [5, 5.41) is 21.7. The van der Waals surface area contributed by atoms with E-state index in [1.807, 2.05) is 30.9 Å². The maximum Gasteiger partial charge on any atom is 0.179 e. The Bertz CT molecular complexity index is 968. The Morgan fingerprint density at radius 3 is 2.38 bits per heavy atom. The molecule has 0 radical (unpaired) electrons. The predicted molar refractivity (Wildman–Crippen MR) is 105 cm³/mol. The number of piperidine rings is 1. The van der Waals surface area contributed by atoms with Gasteiger partial charge in [0.15, 0.2) is 23.0 Å². The Balaban J connectivity index is 1.76. The molecule has 1 saturated heterocycles. The normalized spacial score (nSPS) is 14.5. The number of halogens is 2.